The van der Waals surface area contributed by atoms with Crippen molar-refractivity contribution >= 4 is 0 Å². The normalized spacial score (nSPS) is 12.9. The fourth-order valence-corrected chi connectivity index (χ4v) is 1.02. The molecule has 0 saturated heterocycles. The van der Waals surface area contributed by atoms with Crippen molar-refractivity contribution in [2.24, 2.45) is 5.92 Å². The molecule has 0 rings (SSSR count). The highest BCUT2D eigenvalue weighted by molar-refractivity contribution is 4.94. The van der Waals surface area contributed by atoms with Crippen molar-refractivity contribution in [2.45, 2.75) is 33.8 Å². The van der Waals surface area contributed by atoms with Gasteiger partial charge in [-0.25, -0.2) is 0 Å². The summed E-state index contributed by atoms with van der Waals surface area (Å²) in [7, 11) is 0. The molecule has 0 saturated carbocycles. The van der Waals surface area contributed by atoms with Crippen molar-refractivity contribution in [1.82, 2.24) is 5.32 Å². The molecule has 0 aliphatic rings. The van der Waals surface area contributed by atoms with Crippen LogP contribution in [0.1, 0.15) is 27.7 Å². The monoisotopic (exact) mass is 215 g/mol. The predicted octanol–water partition coefficient (Wildman–Crippen LogP) is 1.58. The van der Waals surface area contributed by atoms with Crippen LogP contribution in [0, 0.1) is 5.92 Å². The van der Waals surface area contributed by atoms with E-state index < -0.39 is 6.10 Å². The van der Waals surface area contributed by atoms with Gasteiger partial charge in [0, 0.05) is 19.7 Å². The van der Waals surface area contributed by atoms with E-state index >= 15 is 0 Å². The van der Waals surface area contributed by atoms with Gasteiger partial charge in [-0.1, -0.05) is 25.5 Å². The van der Waals surface area contributed by atoms with Crippen LogP contribution in [0.4, 0.5) is 0 Å². The SMILES string of the molecule is CC(C)=CCNCC(O)COCC(C)C. The first-order valence-electron chi connectivity index (χ1n) is 5.62. The molecule has 2 N–H and O–H groups in total. The molecule has 0 amide bonds. The van der Waals surface area contributed by atoms with E-state index in [1.807, 2.05) is 0 Å². The van der Waals surface area contributed by atoms with E-state index in [0.717, 1.165) is 6.54 Å². The van der Waals surface area contributed by atoms with Crippen LogP contribution in [-0.2, 0) is 4.74 Å². The van der Waals surface area contributed by atoms with Gasteiger partial charge >= 0.3 is 0 Å². The molecule has 1 atom stereocenters. The molecule has 0 aromatic heterocycles. The molecule has 0 heterocycles. The zero-order valence-corrected chi connectivity index (χ0v) is 10.4. The largest absolute Gasteiger partial charge is 0.389 e. The Bertz CT molecular complexity index is 174. The number of aliphatic hydroxyl groups excluding tert-OH is 1. The van der Waals surface area contributed by atoms with E-state index in [1.165, 1.54) is 5.57 Å². The quantitative estimate of drug-likeness (QED) is 0.477. The fourth-order valence-electron chi connectivity index (χ4n) is 1.02. The lowest BCUT2D eigenvalue weighted by atomic mass is 10.2. The summed E-state index contributed by atoms with van der Waals surface area (Å²) in [5.74, 6) is 0.524. The first kappa shape index (κ1) is 14.6. The summed E-state index contributed by atoms with van der Waals surface area (Å²) in [5.41, 5.74) is 1.29. The van der Waals surface area contributed by atoms with Gasteiger partial charge in [0.1, 0.15) is 0 Å². The van der Waals surface area contributed by atoms with Gasteiger partial charge in [0.15, 0.2) is 0 Å². The van der Waals surface area contributed by atoms with Crippen LogP contribution in [0.5, 0.6) is 0 Å². The standard InChI is InChI=1S/C12H25NO2/c1-10(2)5-6-13-7-12(14)9-15-8-11(3)4/h5,11-14H,6-9H2,1-4H3. The maximum absolute atomic E-state index is 9.52. The van der Waals surface area contributed by atoms with Crippen LogP contribution in [-0.4, -0.2) is 37.5 Å². The average molecular weight is 215 g/mol. The Kier molecular flexibility index (Phi) is 8.67. The minimum absolute atomic E-state index is 0.408. The van der Waals surface area contributed by atoms with Crippen LogP contribution >= 0.6 is 0 Å². The minimum Gasteiger partial charge on any atom is -0.389 e. The molecule has 0 aliphatic heterocycles. The summed E-state index contributed by atoms with van der Waals surface area (Å²) >= 11 is 0. The Hall–Kier alpha value is -0.380. The molecule has 3 heteroatoms. The van der Waals surface area contributed by atoms with E-state index in [0.29, 0.717) is 25.7 Å². The Morgan fingerprint density at radius 3 is 2.53 bits per heavy atom. The lowest BCUT2D eigenvalue weighted by Crippen LogP contribution is -2.31. The average Bonchev–Trinajstić information content (AvgIpc) is 2.11. The van der Waals surface area contributed by atoms with Gasteiger partial charge in [-0.15, -0.1) is 0 Å². The smallest absolute Gasteiger partial charge is 0.0897 e. The third-order valence-electron chi connectivity index (χ3n) is 1.80. The van der Waals surface area contributed by atoms with Crippen LogP contribution in [0.3, 0.4) is 0 Å². The van der Waals surface area contributed by atoms with Crippen molar-refractivity contribution in [2.75, 3.05) is 26.3 Å². The molecular formula is C12H25NO2. The summed E-state index contributed by atoms with van der Waals surface area (Å²) in [6, 6.07) is 0. The second-order valence-electron chi connectivity index (χ2n) is 4.52. The van der Waals surface area contributed by atoms with Gasteiger partial charge in [-0.3, -0.25) is 0 Å². The highest BCUT2D eigenvalue weighted by atomic mass is 16.5. The molecular weight excluding hydrogens is 190 g/mol. The van der Waals surface area contributed by atoms with E-state index in [9.17, 15) is 5.11 Å². The molecule has 90 valence electrons. The molecule has 15 heavy (non-hydrogen) atoms. The summed E-state index contributed by atoms with van der Waals surface area (Å²) in [6.07, 6.45) is 1.69. The number of allylic oxidation sites excluding steroid dienone is 1. The Morgan fingerprint density at radius 1 is 1.33 bits per heavy atom. The molecule has 0 radical (unpaired) electrons. The number of hydrogen-bond acceptors (Lipinski definition) is 3. The Morgan fingerprint density at radius 2 is 2.00 bits per heavy atom. The summed E-state index contributed by atoms with van der Waals surface area (Å²) in [5, 5.41) is 12.7. The maximum Gasteiger partial charge on any atom is 0.0897 e. The van der Waals surface area contributed by atoms with Crippen molar-refractivity contribution in [3.8, 4) is 0 Å². The third kappa shape index (κ3) is 11.5. The number of ether oxygens (including phenoxy) is 1. The molecule has 0 aliphatic carbocycles. The number of rotatable bonds is 8. The highest BCUT2D eigenvalue weighted by Gasteiger charge is 2.03. The molecule has 0 bridgehead atoms. The third-order valence-corrected chi connectivity index (χ3v) is 1.80. The first-order chi connectivity index (χ1) is 7.02. The topological polar surface area (TPSA) is 41.5 Å². The van der Waals surface area contributed by atoms with E-state index in [2.05, 4.69) is 39.1 Å². The van der Waals surface area contributed by atoms with Gasteiger partial charge in [0.25, 0.3) is 0 Å². The maximum atomic E-state index is 9.52. The molecule has 0 aromatic carbocycles. The molecule has 0 spiro atoms. The molecule has 1 unspecified atom stereocenters. The predicted molar refractivity (Wildman–Crippen MR) is 64.0 cm³/mol. The lowest BCUT2D eigenvalue weighted by Gasteiger charge is -2.12. The van der Waals surface area contributed by atoms with Gasteiger partial charge in [-0.2, -0.15) is 0 Å². The number of nitrogens with one attached hydrogen (secondary N) is 1. The molecule has 0 aromatic rings. The van der Waals surface area contributed by atoms with Gasteiger partial charge in [0.05, 0.1) is 12.7 Å². The second-order valence-corrected chi connectivity index (χ2v) is 4.52. The summed E-state index contributed by atoms with van der Waals surface area (Å²) < 4.78 is 5.33. The van der Waals surface area contributed by atoms with Crippen LogP contribution in [0.25, 0.3) is 0 Å². The summed E-state index contributed by atoms with van der Waals surface area (Å²) in [6.45, 7) is 10.8. The van der Waals surface area contributed by atoms with Gasteiger partial charge < -0.3 is 15.2 Å². The second kappa shape index (κ2) is 8.89. The van der Waals surface area contributed by atoms with Gasteiger partial charge in [-0.05, 0) is 19.8 Å². The van der Waals surface area contributed by atoms with Crippen molar-refractivity contribution in [3.63, 3.8) is 0 Å². The van der Waals surface area contributed by atoms with Crippen LogP contribution < -0.4 is 5.32 Å². The lowest BCUT2D eigenvalue weighted by molar-refractivity contribution is 0.0266. The van der Waals surface area contributed by atoms with Crippen LogP contribution in [0.2, 0.25) is 0 Å². The van der Waals surface area contributed by atoms with E-state index in [-0.39, 0.29) is 0 Å². The van der Waals surface area contributed by atoms with Crippen molar-refractivity contribution in [3.05, 3.63) is 11.6 Å². The van der Waals surface area contributed by atoms with Gasteiger partial charge in [0.2, 0.25) is 0 Å². The summed E-state index contributed by atoms with van der Waals surface area (Å²) in [4.78, 5) is 0. The van der Waals surface area contributed by atoms with E-state index in [1.54, 1.807) is 0 Å². The Balaban J connectivity index is 3.33. The van der Waals surface area contributed by atoms with Crippen molar-refractivity contribution < 1.29 is 9.84 Å². The number of aliphatic hydroxyl groups is 1. The minimum atomic E-state index is -0.408. The zero-order chi connectivity index (χ0) is 11.7. The number of hydrogen-bond donors (Lipinski definition) is 2. The fraction of sp³-hybridized carbons (Fsp3) is 0.833. The van der Waals surface area contributed by atoms with Crippen molar-refractivity contribution in [1.29, 1.82) is 0 Å². The zero-order valence-electron chi connectivity index (χ0n) is 10.4. The first-order valence-corrected chi connectivity index (χ1v) is 5.62. The Labute approximate surface area is 93.5 Å². The molecule has 0 fully saturated rings. The van der Waals surface area contributed by atoms with Crippen LogP contribution in [0.15, 0.2) is 11.6 Å². The highest BCUT2D eigenvalue weighted by Crippen LogP contribution is 1.93. The molecule has 3 nitrogen and oxygen atoms in total. The van der Waals surface area contributed by atoms with E-state index in [4.69, 9.17) is 4.74 Å².